The number of benzene rings is 1. The van der Waals surface area contributed by atoms with Crippen LogP contribution >= 0.6 is 0 Å². The van der Waals surface area contributed by atoms with Gasteiger partial charge in [0.1, 0.15) is 12.3 Å². The molecule has 1 aromatic carbocycles. The van der Waals surface area contributed by atoms with Crippen molar-refractivity contribution in [3.8, 4) is 0 Å². The highest BCUT2D eigenvalue weighted by atomic mass is 19.2. The summed E-state index contributed by atoms with van der Waals surface area (Å²) in [6.07, 6.45) is -2.61. The zero-order chi connectivity index (χ0) is 9.97. The first-order chi connectivity index (χ1) is 6.75. The molecule has 76 valence electrons. The van der Waals surface area contributed by atoms with E-state index in [1.54, 1.807) is 0 Å². The normalized spacial score (nSPS) is 28.1. The molecule has 1 nitrogen and oxygen atoms in total. The van der Waals surface area contributed by atoms with Crippen molar-refractivity contribution in [2.24, 2.45) is 0 Å². The minimum absolute atomic E-state index is 0.218. The Bertz CT molecular complexity index is 279. The van der Waals surface area contributed by atoms with Gasteiger partial charge in [0.15, 0.2) is 0 Å². The van der Waals surface area contributed by atoms with Gasteiger partial charge in [-0.1, -0.05) is 30.3 Å². The highest BCUT2D eigenvalue weighted by Crippen LogP contribution is 2.18. The third-order valence-corrected chi connectivity index (χ3v) is 2.51. The number of nitrogens with zero attached hydrogens (tertiary/aromatic N) is 1. The number of hydrogen-bond acceptors (Lipinski definition) is 1. The molecule has 1 heterocycles. The van der Waals surface area contributed by atoms with Gasteiger partial charge >= 0.3 is 0 Å². The molecule has 0 bridgehead atoms. The maximum Gasteiger partial charge on any atom is 0.145 e. The first kappa shape index (κ1) is 9.59. The Morgan fingerprint density at radius 3 is 2.21 bits per heavy atom. The summed E-state index contributed by atoms with van der Waals surface area (Å²) in [5.41, 5.74) is 1.11. The van der Waals surface area contributed by atoms with Gasteiger partial charge in [-0.05, 0) is 5.56 Å². The molecule has 0 radical (unpaired) electrons. The second kappa shape index (κ2) is 4.05. The van der Waals surface area contributed by atoms with E-state index in [2.05, 4.69) is 0 Å². The zero-order valence-electron chi connectivity index (χ0n) is 7.87. The Balaban J connectivity index is 1.94. The van der Waals surface area contributed by atoms with Crippen molar-refractivity contribution in [2.75, 3.05) is 13.1 Å². The maximum atomic E-state index is 12.9. The summed E-state index contributed by atoms with van der Waals surface area (Å²) in [7, 11) is 0. The van der Waals surface area contributed by atoms with E-state index in [-0.39, 0.29) is 13.1 Å². The van der Waals surface area contributed by atoms with Crippen LogP contribution < -0.4 is 0 Å². The summed E-state index contributed by atoms with van der Waals surface area (Å²) in [5.74, 6) is 0. The molecule has 14 heavy (non-hydrogen) atoms. The number of alkyl halides is 2. The van der Waals surface area contributed by atoms with Gasteiger partial charge in [0, 0.05) is 19.6 Å². The predicted molar refractivity (Wildman–Crippen MR) is 51.5 cm³/mol. The molecule has 1 aromatic rings. The van der Waals surface area contributed by atoms with Crippen LogP contribution in [0.5, 0.6) is 0 Å². The molecule has 1 aliphatic rings. The summed E-state index contributed by atoms with van der Waals surface area (Å²) in [5, 5.41) is 0. The van der Waals surface area contributed by atoms with Crippen molar-refractivity contribution in [3.05, 3.63) is 35.9 Å². The van der Waals surface area contributed by atoms with E-state index in [0.29, 0.717) is 6.54 Å². The van der Waals surface area contributed by atoms with Gasteiger partial charge in [-0.2, -0.15) is 0 Å². The van der Waals surface area contributed by atoms with E-state index in [1.807, 2.05) is 35.2 Å². The fourth-order valence-corrected chi connectivity index (χ4v) is 1.77. The van der Waals surface area contributed by atoms with Gasteiger partial charge < -0.3 is 0 Å². The highest BCUT2D eigenvalue weighted by molar-refractivity contribution is 5.14. The average Bonchev–Trinajstić information content (AvgIpc) is 2.47. The topological polar surface area (TPSA) is 3.24 Å². The molecule has 0 saturated carbocycles. The van der Waals surface area contributed by atoms with Crippen LogP contribution in [0, 0.1) is 0 Å². The van der Waals surface area contributed by atoms with E-state index < -0.39 is 12.3 Å². The Kier molecular flexibility index (Phi) is 2.77. The summed E-state index contributed by atoms with van der Waals surface area (Å²) in [6, 6.07) is 9.75. The molecule has 0 aromatic heterocycles. The molecule has 0 spiro atoms. The molecular weight excluding hydrogens is 184 g/mol. The van der Waals surface area contributed by atoms with Crippen LogP contribution in [0.1, 0.15) is 5.56 Å². The Morgan fingerprint density at radius 2 is 1.64 bits per heavy atom. The lowest BCUT2D eigenvalue weighted by Gasteiger charge is -2.13. The molecule has 0 amide bonds. The molecule has 2 rings (SSSR count). The third-order valence-electron chi connectivity index (χ3n) is 2.51. The van der Waals surface area contributed by atoms with Crippen LogP contribution in [0.25, 0.3) is 0 Å². The lowest BCUT2D eigenvalue weighted by Crippen LogP contribution is -2.20. The van der Waals surface area contributed by atoms with Crippen LogP contribution in [0.2, 0.25) is 0 Å². The van der Waals surface area contributed by atoms with Gasteiger partial charge in [-0.25, -0.2) is 8.78 Å². The molecule has 1 aliphatic heterocycles. The van der Waals surface area contributed by atoms with E-state index in [9.17, 15) is 8.78 Å². The van der Waals surface area contributed by atoms with Gasteiger partial charge in [0.05, 0.1) is 0 Å². The Hall–Kier alpha value is -0.960. The van der Waals surface area contributed by atoms with Gasteiger partial charge in [-0.15, -0.1) is 0 Å². The molecular formula is C11H13F2N. The number of rotatable bonds is 2. The molecule has 0 aliphatic carbocycles. The summed E-state index contributed by atoms with van der Waals surface area (Å²) >= 11 is 0. The lowest BCUT2D eigenvalue weighted by atomic mass is 10.2. The third kappa shape index (κ3) is 2.10. The highest BCUT2D eigenvalue weighted by Gasteiger charge is 2.32. The number of halogens is 2. The van der Waals surface area contributed by atoms with Gasteiger partial charge in [-0.3, -0.25) is 4.90 Å². The van der Waals surface area contributed by atoms with Crippen LogP contribution in [-0.4, -0.2) is 30.3 Å². The fraction of sp³-hybridized carbons (Fsp3) is 0.455. The molecule has 2 atom stereocenters. The van der Waals surface area contributed by atoms with Crippen LogP contribution in [0.3, 0.4) is 0 Å². The molecule has 0 N–H and O–H groups in total. The first-order valence-corrected chi connectivity index (χ1v) is 4.80. The van der Waals surface area contributed by atoms with E-state index in [4.69, 9.17) is 0 Å². The SMILES string of the molecule is F[C@H]1CN(Cc2ccccc2)C[C@@H]1F. The summed E-state index contributed by atoms with van der Waals surface area (Å²) in [4.78, 5) is 1.81. The van der Waals surface area contributed by atoms with Crippen molar-refractivity contribution >= 4 is 0 Å². The average molecular weight is 197 g/mol. The predicted octanol–water partition coefficient (Wildman–Crippen LogP) is 2.18. The van der Waals surface area contributed by atoms with E-state index in [0.717, 1.165) is 5.56 Å². The second-order valence-corrected chi connectivity index (χ2v) is 3.71. The van der Waals surface area contributed by atoms with E-state index >= 15 is 0 Å². The maximum absolute atomic E-state index is 12.9. The standard InChI is InChI=1S/C11H13F2N/c12-10-7-14(8-11(10)13)6-9-4-2-1-3-5-9/h1-5,10-11H,6-8H2/t10-,11-/m0/s1. The van der Waals surface area contributed by atoms with Crippen LogP contribution in [0.15, 0.2) is 30.3 Å². The van der Waals surface area contributed by atoms with Crippen LogP contribution in [-0.2, 0) is 6.54 Å². The smallest absolute Gasteiger partial charge is 0.145 e. The zero-order valence-corrected chi connectivity index (χ0v) is 7.87. The molecule has 3 heteroatoms. The number of hydrogen-bond donors (Lipinski definition) is 0. The monoisotopic (exact) mass is 197 g/mol. The van der Waals surface area contributed by atoms with Gasteiger partial charge in [0.2, 0.25) is 0 Å². The molecule has 0 unspecified atom stereocenters. The quantitative estimate of drug-likeness (QED) is 0.702. The van der Waals surface area contributed by atoms with Crippen molar-refractivity contribution in [3.63, 3.8) is 0 Å². The Morgan fingerprint density at radius 1 is 1.07 bits per heavy atom. The van der Waals surface area contributed by atoms with Crippen LogP contribution in [0.4, 0.5) is 8.78 Å². The van der Waals surface area contributed by atoms with Crippen molar-refractivity contribution < 1.29 is 8.78 Å². The largest absolute Gasteiger partial charge is 0.293 e. The molecule has 1 fully saturated rings. The van der Waals surface area contributed by atoms with Crippen molar-refractivity contribution in [1.82, 2.24) is 4.90 Å². The second-order valence-electron chi connectivity index (χ2n) is 3.71. The first-order valence-electron chi connectivity index (χ1n) is 4.80. The molecule has 1 saturated heterocycles. The van der Waals surface area contributed by atoms with Crippen molar-refractivity contribution in [1.29, 1.82) is 0 Å². The number of likely N-dealkylation sites (tertiary alicyclic amines) is 1. The minimum atomic E-state index is -1.31. The fourth-order valence-electron chi connectivity index (χ4n) is 1.77. The van der Waals surface area contributed by atoms with Crippen molar-refractivity contribution in [2.45, 2.75) is 18.9 Å². The lowest BCUT2D eigenvalue weighted by molar-refractivity contribution is 0.217. The van der Waals surface area contributed by atoms with Gasteiger partial charge in [0.25, 0.3) is 0 Å². The summed E-state index contributed by atoms with van der Waals surface area (Å²) < 4.78 is 25.7. The summed E-state index contributed by atoms with van der Waals surface area (Å²) in [6.45, 7) is 1.08. The minimum Gasteiger partial charge on any atom is -0.293 e. The van der Waals surface area contributed by atoms with E-state index in [1.165, 1.54) is 0 Å². The Labute approximate surface area is 82.3 Å².